The summed E-state index contributed by atoms with van der Waals surface area (Å²) in [5.74, 6) is 0.484. The highest BCUT2D eigenvalue weighted by Crippen LogP contribution is 2.25. The van der Waals surface area contributed by atoms with Crippen molar-refractivity contribution in [3.8, 4) is 0 Å². The van der Waals surface area contributed by atoms with Crippen LogP contribution in [0.1, 0.15) is 12.3 Å². The van der Waals surface area contributed by atoms with Gasteiger partial charge in [0.05, 0.1) is 6.54 Å². The molecule has 1 aromatic rings. The normalized spacial score (nSPS) is 27.2. The minimum atomic E-state index is -0.851. The van der Waals surface area contributed by atoms with Crippen LogP contribution in [0, 0.1) is 6.92 Å². The van der Waals surface area contributed by atoms with Gasteiger partial charge in [0.1, 0.15) is 6.17 Å². The lowest BCUT2D eigenvalue weighted by atomic mass is 10.2. The van der Waals surface area contributed by atoms with E-state index in [9.17, 15) is 4.39 Å². The lowest BCUT2D eigenvalue weighted by molar-refractivity contribution is 0.356. The van der Waals surface area contributed by atoms with E-state index in [-0.39, 0.29) is 6.04 Å². The number of anilines is 1. The largest absolute Gasteiger partial charge is 0.408 e. The van der Waals surface area contributed by atoms with E-state index >= 15 is 0 Å². The summed E-state index contributed by atoms with van der Waals surface area (Å²) in [6, 6.07) is 0.350. The number of rotatable bonds is 2. The maximum absolute atomic E-state index is 13.1. The SMILES string of the molecule is Cc1nnc(N2C[C@@H](F)C[C@@H]2CN)o1. The van der Waals surface area contributed by atoms with Gasteiger partial charge in [-0.15, -0.1) is 5.10 Å². The summed E-state index contributed by atoms with van der Waals surface area (Å²) in [6.45, 7) is 2.41. The molecule has 78 valence electrons. The second kappa shape index (κ2) is 3.53. The van der Waals surface area contributed by atoms with Crippen molar-refractivity contribution in [2.24, 2.45) is 5.73 Å². The van der Waals surface area contributed by atoms with Gasteiger partial charge in [0.25, 0.3) is 0 Å². The van der Waals surface area contributed by atoms with Crippen molar-refractivity contribution >= 4 is 6.01 Å². The van der Waals surface area contributed by atoms with Crippen molar-refractivity contribution in [2.45, 2.75) is 25.6 Å². The third kappa shape index (κ3) is 1.57. The molecule has 1 aromatic heterocycles. The van der Waals surface area contributed by atoms with E-state index in [0.717, 1.165) is 0 Å². The minimum Gasteiger partial charge on any atom is -0.408 e. The van der Waals surface area contributed by atoms with E-state index in [1.807, 2.05) is 0 Å². The highest BCUT2D eigenvalue weighted by molar-refractivity contribution is 5.30. The summed E-state index contributed by atoms with van der Waals surface area (Å²) in [7, 11) is 0. The Labute approximate surface area is 81.1 Å². The average molecular weight is 200 g/mol. The zero-order chi connectivity index (χ0) is 10.1. The molecule has 0 aromatic carbocycles. The Hall–Kier alpha value is -1.17. The molecule has 0 spiro atoms. The molecule has 0 aliphatic carbocycles. The molecule has 1 aliphatic heterocycles. The number of alkyl halides is 1. The van der Waals surface area contributed by atoms with Crippen LogP contribution in [0.3, 0.4) is 0 Å². The third-order valence-corrected chi connectivity index (χ3v) is 2.40. The average Bonchev–Trinajstić information content (AvgIpc) is 2.71. The van der Waals surface area contributed by atoms with Crippen molar-refractivity contribution in [1.82, 2.24) is 10.2 Å². The van der Waals surface area contributed by atoms with Crippen molar-refractivity contribution in [3.05, 3.63) is 5.89 Å². The summed E-state index contributed by atoms with van der Waals surface area (Å²) in [6.07, 6.45) is -0.409. The molecule has 2 heterocycles. The van der Waals surface area contributed by atoms with Crippen molar-refractivity contribution < 1.29 is 8.81 Å². The zero-order valence-electron chi connectivity index (χ0n) is 7.98. The van der Waals surface area contributed by atoms with Gasteiger partial charge >= 0.3 is 6.01 Å². The highest BCUT2D eigenvalue weighted by atomic mass is 19.1. The Bertz CT molecular complexity index is 316. The van der Waals surface area contributed by atoms with Gasteiger partial charge < -0.3 is 15.1 Å². The fourth-order valence-electron chi connectivity index (χ4n) is 1.72. The Morgan fingerprint density at radius 3 is 3.00 bits per heavy atom. The van der Waals surface area contributed by atoms with Crippen molar-refractivity contribution in [1.29, 1.82) is 0 Å². The Balaban J connectivity index is 2.17. The molecule has 0 unspecified atom stereocenters. The highest BCUT2D eigenvalue weighted by Gasteiger charge is 2.34. The van der Waals surface area contributed by atoms with Gasteiger partial charge in [0, 0.05) is 25.9 Å². The first-order valence-corrected chi connectivity index (χ1v) is 4.61. The fourth-order valence-corrected chi connectivity index (χ4v) is 1.72. The minimum absolute atomic E-state index is 0.0233. The zero-order valence-corrected chi connectivity index (χ0v) is 7.98. The van der Waals surface area contributed by atoms with Crippen LogP contribution in [0.15, 0.2) is 4.42 Å². The molecule has 0 amide bonds. The Morgan fingerprint density at radius 1 is 1.64 bits per heavy atom. The number of hydrogen-bond acceptors (Lipinski definition) is 5. The smallest absolute Gasteiger partial charge is 0.318 e. The number of nitrogens with zero attached hydrogens (tertiary/aromatic N) is 3. The number of halogens is 1. The Morgan fingerprint density at radius 2 is 2.43 bits per heavy atom. The molecule has 0 saturated carbocycles. The molecule has 2 N–H and O–H groups in total. The predicted molar refractivity (Wildman–Crippen MR) is 48.7 cm³/mol. The number of hydrogen-bond donors (Lipinski definition) is 1. The van der Waals surface area contributed by atoms with E-state index in [1.54, 1.807) is 11.8 Å². The predicted octanol–water partition coefficient (Wildman–Crippen LogP) is 0.254. The summed E-state index contributed by atoms with van der Waals surface area (Å²) in [5, 5.41) is 7.55. The van der Waals surface area contributed by atoms with Gasteiger partial charge in [0.15, 0.2) is 0 Å². The maximum atomic E-state index is 13.1. The van der Waals surface area contributed by atoms with Crippen LogP contribution in [0.2, 0.25) is 0 Å². The fraction of sp³-hybridized carbons (Fsp3) is 0.750. The molecular weight excluding hydrogens is 187 g/mol. The molecule has 0 bridgehead atoms. The molecular formula is C8H13FN4O. The van der Waals surface area contributed by atoms with Gasteiger partial charge in [0.2, 0.25) is 5.89 Å². The number of aryl methyl sites for hydroxylation is 1. The monoisotopic (exact) mass is 200 g/mol. The lowest BCUT2D eigenvalue weighted by Crippen LogP contribution is -2.35. The molecule has 5 nitrogen and oxygen atoms in total. The maximum Gasteiger partial charge on any atom is 0.318 e. The molecule has 1 saturated heterocycles. The van der Waals surface area contributed by atoms with E-state index < -0.39 is 6.17 Å². The van der Waals surface area contributed by atoms with Gasteiger partial charge in [-0.2, -0.15) is 0 Å². The van der Waals surface area contributed by atoms with E-state index in [0.29, 0.717) is 31.4 Å². The number of aromatic nitrogens is 2. The molecule has 0 radical (unpaired) electrons. The van der Waals surface area contributed by atoms with E-state index in [4.69, 9.17) is 10.2 Å². The van der Waals surface area contributed by atoms with Crippen molar-refractivity contribution in [2.75, 3.05) is 18.0 Å². The second-order valence-corrected chi connectivity index (χ2v) is 3.48. The second-order valence-electron chi connectivity index (χ2n) is 3.48. The molecule has 2 atom stereocenters. The van der Waals surface area contributed by atoms with Crippen LogP contribution in [0.4, 0.5) is 10.4 Å². The Kier molecular flexibility index (Phi) is 2.37. The first kappa shape index (κ1) is 9.39. The number of nitrogens with two attached hydrogens (primary N) is 1. The van der Waals surface area contributed by atoms with Crippen LogP contribution in [-0.4, -0.2) is 35.5 Å². The lowest BCUT2D eigenvalue weighted by Gasteiger charge is -2.19. The first-order valence-electron chi connectivity index (χ1n) is 4.61. The quantitative estimate of drug-likeness (QED) is 0.741. The van der Waals surface area contributed by atoms with Gasteiger partial charge in [-0.05, 0) is 0 Å². The molecule has 1 aliphatic rings. The van der Waals surface area contributed by atoms with Crippen LogP contribution < -0.4 is 10.6 Å². The topological polar surface area (TPSA) is 68.2 Å². The van der Waals surface area contributed by atoms with Crippen LogP contribution in [-0.2, 0) is 0 Å². The van der Waals surface area contributed by atoms with E-state index in [2.05, 4.69) is 10.2 Å². The van der Waals surface area contributed by atoms with Crippen LogP contribution >= 0.6 is 0 Å². The first-order chi connectivity index (χ1) is 6.70. The van der Waals surface area contributed by atoms with Gasteiger partial charge in [-0.25, -0.2) is 4.39 Å². The van der Waals surface area contributed by atoms with E-state index in [1.165, 1.54) is 0 Å². The summed E-state index contributed by atoms with van der Waals surface area (Å²) in [4.78, 5) is 1.74. The van der Waals surface area contributed by atoms with Gasteiger partial charge in [-0.1, -0.05) is 5.10 Å². The standard InChI is InChI=1S/C8H13FN4O/c1-5-11-12-8(14-5)13-4-6(9)2-7(13)3-10/h6-7H,2-4,10H2,1H3/t6-,7+/m0/s1. The molecule has 6 heteroatoms. The van der Waals surface area contributed by atoms with Gasteiger partial charge in [-0.3, -0.25) is 0 Å². The molecule has 1 fully saturated rings. The summed E-state index contributed by atoms with van der Waals surface area (Å²) in [5.41, 5.74) is 5.53. The van der Waals surface area contributed by atoms with Crippen molar-refractivity contribution in [3.63, 3.8) is 0 Å². The third-order valence-electron chi connectivity index (χ3n) is 2.40. The van der Waals surface area contributed by atoms with Crippen LogP contribution in [0.25, 0.3) is 0 Å². The van der Waals surface area contributed by atoms with Crippen LogP contribution in [0.5, 0.6) is 0 Å². The molecule has 14 heavy (non-hydrogen) atoms. The molecule has 2 rings (SSSR count). The summed E-state index contributed by atoms with van der Waals surface area (Å²) >= 11 is 0. The summed E-state index contributed by atoms with van der Waals surface area (Å²) < 4.78 is 18.3.